The molecule has 0 aliphatic heterocycles. The number of nitrogens with one attached hydrogen (secondary N) is 2. The number of aromatic nitrogens is 2. The summed E-state index contributed by atoms with van der Waals surface area (Å²) in [5.74, 6) is 1.76. The quantitative estimate of drug-likeness (QED) is 0.681. The van der Waals surface area contributed by atoms with E-state index in [4.69, 9.17) is 14.2 Å². The zero-order chi connectivity index (χ0) is 19.8. The van der Waals surface area contributed by atoms with E-state index in [2.05, 4.69) is 20.8 Å². The lowest BCUT2D eigenvalue weighted by atomic mass is 10.2. The lowest BCUT2D eigenvalue weighted by Crippen LogP contribution is -2.31. The maximum Gasteiger partial charge on any atom is 0.271 e. The molecule has 1 heterocycles. The Balaban J connectivity index is 2.09. The molecular weight excluding hydrogens is 350 g/mol. The number of benzene rings is 1. The predicted molar refractivity (Wildman–Crippen MR) is 102 cm³/mol. The van der Waals surface area contributed by atoms with Gasteiger partial charge in [0.1, 0.15) is 0 Å². The van der Waals surface area contributed by atoms with Crippen molar-refractivity contribution in [2.75, 3.05) is 53.8 Å². The summed E-state index contributed by atoms with van der Waals surface area (Å²) in [4.78, 5) is 14.0. The van der Waals surface area contributed by atoms with Crippen molar-refractivity contribution < 1.29 is 19.0 Å². The van der Waals surface area contributed by atoms with E-state index >= 15 is 0 Å². The van der Waals surface area contributed by atoms with Gasteiger partial charge in [-0.2, -0.15) is 0 Å². The largest absolute Gasteiger partial charge is 0.493 e. The van der Waals surface area contributed by atoms with E-state index in [9.17, 15) is 4.79 Å². The van der Waals surface area contributed by atoms with Crippen LogP contribution in [0.25, 0.3) is 0 Å². The van der Waals surface area contributed by atoms with E-state index in [1.807, 2.05) is 19.0 Å². The van der Waals surface area contributed by atoms with Gasteiger partial charge in [0.15, 0.2) is 23.0 Å². The first-order valence-electron chi connectivity index (χ1n) is 8.32. The van der Waals surface area contributed by atoms with Gasteiger partial charge in [0, 0.05) is 30.9 Å². The zero-order valence-electron chi connectivity index (χ0n) is 16.2. The Kier molecular flexibility index (Phi) is 7.18. The Bertz CT molecular complexity index is 740. The molecule has 0 radical (unpaired) electrons. The van der Waals surface area contributed by atoms with Crippen LogP contribution in [0.3, 0.4) is 0 Å². The number of rotatable bonds is 9. The molecule has 2 aromatic rings. The molecule has 0 saturated heterocycles. The average molecular weight is 375 g/mol. The molecule has 0 spiro atoms. The maximum atomic E-state index is 12.0. The minimum atomic E-state index is -0.260. The second-order valence-corrected chi connectivity index (χ2v) is 5.90. The molecular formula is C18H25N5O4. The van der Waals surface area contributed by atoms with Gasteiger partial charge in [0.2, 0.25) is 5.75 Å². The molecule has 2 rings (SSSR count). The van der Waals surface area contributed by atoms with E-state index in [-0.39, 0.29) is 11.6 Å². The van der Waals surface area contributed by atoms with Gasteiger partial charge in [-0.3, -0.25) is 4.79 Å². The summed E-state index contributed by atoms with van der Waals surface area (Å²) < 4.78 is 15.9. The smallest absolute Gasteiger partial charge is 0.271 e. The monoisotopic (exact) mass is 375 g/mol. The number of hydrogen-bond acceptors (Lipinski definition) is 8. The lowest BCUT2D eigenvalue weighted by molar-refractivity contribution is 0.0945. The Labute approximate surface area is 158 Å². The van der Waals surface area contributed by atoms with Gasteiger partial charge in [-0.15, -0.1) is 10.2 Å². The third-order valence-corrected chi connectivity index (χ3v) is 3.68. The van der Waals surface area contributed by atoms with Gasteiger partial charge in [-0.25, -0.2) is 0 Å². The molecule has 0 saturated carbocycles. The zero-order valence-corrected chi connectivity index (χ0v) is 16.2. The highest BCUT2D eigenvalue weighted by Crippen LogP contribution is 2.40. The second kappa shape index (κ2) is 9.58. The molecule has 1 amide bonds. The first kappa shape index (κ1) is 20.2. The van der Waals surface area contributed by atoms with Gasteiger partial charge in [0.05, 0.1) is 21.3 Å². The minimum Gasteiger partial charge on any atom is -0.493 e. The molecule has 2 N–H and O–H groups in total. The van der Waals surface area contributed by atoms with Gasteiger partial charge in [0.25, 0.3) is 5.91 Å². The van der Waals surface area contributed by atoms with E-state index in [1.54, 1.807) is 45.6 Å². The topological polar surface area (TPSA) is 97.8 Å². The molecule has 27 heavy (non-hydrogen) atoms. The van der Waals surface area contributed by atoms with Crippen molar-refractivity contribution in [2.45, 2.75) is 0 Å². The van der Waals surface area contributed by atoms with E-state index < -0.39 is 0 Å². The number of methoxy groups -OCH3 is 3. The fourth-order valence-corrected chi connectivity index (χ4v) is 2.30. The third-order valence-electron chi connectivity index (χ3n) is 3.68. The van der Waals surface area contributed by atoms with Crippen LogP contribution in [0.4, 0.5) is 11.5 Å². The molecule has 0 bridgehead atoms. The molecule has 0 atom stereocenters. The van der Waals surface area contributed by atoms with E-state index in [1.165, 1.54) is 0 Å². The van der Waals surface area contributed by atoms with Crippen LogP contribution >= 0.6 is 0 Å². The van der Waals surface area contributed by atoms with Crippen LogP contribution in [0.1, 0.15) is 10.5 Å². The standard InChI is InChI=1S/C18H25N5O4/c1-23(2)9-8-19-18(24)13-6-7-16(22-21-13)20-12-10-14(25-3)17(27-5)15(11-12)26-4/h6-7,10-11H,8-9H2,1-5H3,(H,19,24)(H,20,22). The summed E-state index contributed by atoms with van der Waals surface area (Å²) in [5, 5.41) is 13.9. The van der Waals surface area contributed by atoms with Gasteiger partial charge < -0.3 is 29.7 Å². The lowest BCUT2D eigenvalue weighted by Gasteiger charge is -2.14. The number of carbonyl (C=O) groups excluding carboxylic acids is 1. The van der Waals surface area contributed by atoms with Gasteiger partial charge >= 0.3 is 0 Å². The number of ether oxygens (including phenoxy) is 3. The molecule has 0 fully saturated rings. The number of hydrogen-bond donors (Lipinski definition) is 2. The van der Waals surface area contributed by atoms with Crippen LogP contribution in [0.2, 0.25) is 0 Å². The molecule has 1 aromatic heterocycles. The summed E-state index contributed by atoms with van der Waals surface area (Å²) in [7, 11) is 8.52. The summed E-state index contributed by atoms with van der Waals surface area (Å²) >= 11 is 0. The molecule has 9 heteroatoms. The number of amides is 1. The number of likely N-dealkylation sites (N-methyl/N-ethyl adjacent to an activating group) is 1. The normalized spacial score (nSPS) is 10.4. The maximum absolute atomic E-state index is 12.0. The molecule has 0 aliphatic carbocycles. The highest BCUT2D eigenvalue weighted by Gasteiger charge is 2.14. The fraction of sp³-hybridized carbons (Fsp3) is 0.389. The Morgan fingerprint density at radius 3 is 2.19 bits per heavy atom. The van der Waals surface area contributed by atoms with Crippen LogP contribution in [-0.4, -0.2) is 69.5 Å². The van der Waals surface area contributed by atoms with Crippen LogP contribution < -0.4 is 24.8 Å². The molecule has 1 aromatic carbocycles. The second-order valence-electron chi connectivity index (χ2n) is 5.90. The highest BCUT2D eigenvalue weighted by atomic mass is 16.5. The fourth-order valence-electron chi connectivity index (χ4n) is 2.30. The van der Waals surface area contributed by atoms with Crippen molar-refractivity contribution in [3.8, 4) is 17.2 Å². The van der Waals surface area contributed by atoms with Crippen molar-refractivity contribution in [3.05, 3.63) is 30.0 Å². The number of anilines is 2. The summed E-state index contributed by atoms with van der Waals surface area (Å²) in [6.45, 7) is 1.29. The van der Waals surface area contributed by atoms with Crippen molar-refractivity contribution >= 4 is 17.4 Å². The highest BCUT2D eigenvalue weighted by molar-refractivity contribution is 5.92. The van der Waals surface area contributed by atoms with Gasteiger partial charge in [-0.05, 0) is 26.2 Å². The average Bonchev–Trinajstić information content (AvgIpc) is 2.67. The Hall–Kier alpha value is -3.07. The van der Waals surface area contributed by atoms with Gasteiger partial charge in [-0.1, -0.05) is 0 Å². The summed E-state index contributed by atoms with van der Waals surface area (Å²) in [6, 6.07) is 6.80. The molecule has 9 nitrogen and oxygen atoms in total. The molecule has 0 unspecified atom stereocenters. The van der Waals surface area contributed by atoms with Crippen LogP contribution in [-0.2, 0) is 0 Å². The van der Waals surface area contributed by atoms with Crippen molar-refractivity contribution in [1.29, 1.82) is 0 Å². The van der Waals surface area contributed by atoms with Crippen molar-refractivity contribution in [2.24, 2.45) is 0 Å². The third kappa shape index (κ3) is 5.45. The van der Waals surface area contributed by atoms with Crippen LogP contribution in [0.5, 0.6) is 17.2 Å². The van der Waals surface area contributed by atoms with E-state index in [0.29, 0.717) is 35.3 Å². The minimum absolute atomic E-state index is 0.254. The van der Waals surface area contributed by atoms with Crippen LogP contribution in [0.15, 0.2) is 24.3 Å². The predicted octanol–water partition coefficient (Wildman–Crippen LogP) is 1.54. The first-order valence-corrected chi connectivity index (χ1v) is 8.32. The van der Waals surface area contributed by atoms with Crippen molar-refractivity contribution in [3.63, 3.8) is 0 Å². The summed E-state index contributed by atoms with van der Waals surface area (Å²) in [6.07, 6.45) is 0. The van der Waals surface area contributed by atoms with Crippen molar-refractivity contribution in [1.82, 2.24) is 20.4 Å². The van der Waals surface area contributed by atoms with Crippen LogP contribution in [0, 0.1) is 0 Å². The number of nitrogens with zero attached hydrogens (tertiary/aromatic N) is 3. The van der Waals surface area contributed by atoms with E-state index in [0.717, 1.165) is 6.54 Å². The number of carbonyl (C=O) groups is 1. The summed E-state index contributed by atoms with van der Waals surface area (Å²) in [5.41, 5.74) is 0.936. The molecule has 0 aliphatic rings. The Morgan fingerprint density at radius 1 is 1.04 bits per heavy atom. The first-order chi connectivity index (χ1) is 13.0. The Morgan fingerprint density at radius 2 is 1.70 bits per heavy atom. The SMILES string of the molecule is COc1cc(Nc2ccc(C(=O)NCCN(C)C)nn2)cc(OC)c1OC. The molecule has 146 valence electrons.